The molecule has 3 aromatic carbocycles. The Morgan fingerprint density at radius 1 is 0.947 bits per heavy atom. The van der Waals surface area contributed by atoms with Crippen LogP contribution in [-0.2, 0) is 0 Å². The lowest BCUT2D eigenvalue weighted by Gasteiger charge is -2.17. The largest absolute Gasteiger partial charge is 0.481 e. The van der Waals surface area contributed by atoms with Crippen LogP contribution in [0.2, 0.25) is 0 Å². The van der Waals surface area contributed by atoms with E-state index in [-0.39, 0.29) is 11.5 Å². The Morgan fingerprint density at radius 3 is 2.47 bits per heavy atom. The number of amides is 1. The molecule has 0 radical (unpaired) electrons. The lowest BCUT2D eigenvalue weighted by molar-refractivity contribution is 0.0696. The maximum Gasteiger partial charge on any atom is 0.335 e. The van der Waals surface area contributed by atoms with Gasteiger partial charge in [0, 0.05) is 38.4 Å². The first-order chi connectivity index (χ1) is 18.4. The van der Waals surface area contributed by atoms with Gasteiger partial charge >= 0.3 is 5.97 Å². The Hall–Kier alpha value is -4.56. The van der Waals surface area contributed by atoms with E-state index in [0.29, 0.717) is 44.9 Å². The van der Waals surface area contributed by atoms with E-state index in [2.05, 4.69) is 26.2 Å². The van der Waals surface area contributed by atoms with Gasteiger partial charge in [-0.25, -0.2) is 14.8 Å². The van der Waals surface area contributed by atoms with E-state index in [1.165, 1.54) is 19.2 Å². The third kappa shape index (κ3) is 4.73. The third-order valence-corrected chi connectivity index (χ3v) is 6.73. The van der Waals surface area contributed by atoms with Gasteiger partial charge < -0.3 is 15.2 Å². The molecule has 0 atom stereocenters. The number of halogens is 1. The van der Waals surface area contributed by atoms with E-state index >= 15 is 0 Å². The maximum atomic E-state index is 14.0. The Bertz CT molecular complexity index is 1700. The Labute approximate surface area is 227 Å². The number of carbonyl (C=O) groups excluding carboxylic acids is 1. The number of rotatable bonds is 6. The highest BCUT2D eigenvalue weighted by Crippen LogP contribution is 2.36. The molecule has 2 aromatic heterocycles. The highest BCUT2D eigenvalue weighted by Gasteiger charge is 2.22. The Kier molecular flexibility index (Phi) is 6.89. The fraction of sp³-hybridized carbons (Fsp3) is 0.0667. The quantitative estimate of drug-likeness (QED) is 0.229. The van der Waals surface area contributed by atoms with E-state index in [9.17, 15) is 14.7 Å². The first-order valence-corrected chi connectivity index (χ1v) is 12.5. The smallest absolute Gasteiger partial charge is 0.335 e. The van der Waals surface area contributed by atoms with Crippen LogP contribution in [0.4, 0.5) is 5.69 Å². The van der Waals surface area contributed by atoms with E-state index in [0.717, 1.165) is 15.6 Å². The summed E-state index contributed by atoms with van der Waals surface area (Å²) in [5, 5.41) is 13.3. The molecule has 2 heterocycles. The van der Waals surface area contributed by atoms with Gasteiger partial charge in [0.1, 0.15) is 0 Å². The lowest BCUT2D eigenvalue weighted by atomic mass is 9.96. The Morgan fingerprint density at radius 2 is 1.74 bits per heavy atom. The molecule has 0 spiro atoms. The van der Waals surface area contributed by atoms with Crippen molar-refractivity contribution in [2.75, 3.05) is 12.4 Å². The summed E-state index contributed by atoms with van der Waals surface area (Å²) in [6.45, 7) is 1.88. The molecule has 2 N–H and O–H groups in total. The monoisotopic (exact) mass is 567 g/mol. The number of aromatic carboxylic acids is 1. The number of methoxy groups -OCH3 is 1. The van der Waals surface area contributed by atoms with Crippen molar-refractivity contribution >= 4 is 44.4 Å². The van der Waals surface area contributed by atoms with E-state index < -0.39 is 5.97 Å². The zero-order valence-electron chi connectivity index (χ0n) is 20.5. The number of pyridine rings is 2. The van der Waals surface area contributed by atoms with Crippen molar-refractivity contribution in [1.82, 2.24) is 9.97 Å². The molecular formula is C30H22BrN3O4. The van der Waals surface area contributed by atoms with Gasteiger partial charge in [-0.3, -0.25) is 4.79 Å². The second-order valence-corrected chi connectivity index (χ2v) is 9.48. The topological polar surface area (TPSA) is 101 Å². The van der Waals surface area contributed by atoms with Crippen molar-refractivity contribution in [2.45, 2.75) is 6.92 Å². The highest BCUT2D eigenvalue weighted by molar-refractivity contribution is 9.10. The molecule has 38 heavy (non-hydrogen) atoms. The van der Waals surface area contributed by atoms with Crippen LogP contribution in [0.15, 0.2) is 89.5 Å². The normalized spacial score (nSPS) is 10.8. The minimum atomic E-state index is -1.08. The molecule has 188 valence electrons. The number of carboxylic acids is 1. The maximum absolute atomic E-state index is 14.0. The number of fused-ring (bicyclic) bond motifs is 1. The van der Waals surface area contributed by atoms with Gasteiger partial charge in [0.15, 0.2) is 0 Å². The predicted octanol–water partition coefficient (Wildman–Crippen LogP) is 6.99. The summed E-state index contributed by atoms with van der Waals surface area (Å²) in [6.07, 6.45) is 1.58. The van der Waals surface area contributed by atoms with Gasteiger partial charge in [0.25, 0.3) is 5.91 Å². The third-order valence-electron chi connectivity index (χ3n) is 6.23. The van der Waals surface area contributed by atoms with Crippen molar-refractivity contribution in [1.29, 1.82) is 0 Å². The summed E-state index contributed by atoms with van der Waals surface area (Å²) in [6, 6.07) is 23.4. The molecule has 1 amide bonds. The van der Waals surface area contributed by atoms with Crippen LogP contribution in [0.5, 0.6) is 5.88 Å². The number of benzene rings is 3. The first kappa shape index (κ1) is 25.1. The van der Waals surface area contributed by atoms with Crippen LogP contribution in [0.1, 0.15) is 26.3 Å². The van der Waals surface area contributed by atoms with E-state index in [4.69, 9.17) is 9.72 Å². The molecule has 0 aliphatic rings. The summed E-state index contributed by atoms with van der Waals surface area (Å²) >= 11 is 3.51. The Balaban J connectivity index is 1.68. The van der Waals surface area contributed by atoms with Gasteiger partial charge in [0.2, 0.25) is 5.88 Å². The standard InChI is InChI=1S/C30H22BrN3O4/c1-17-26(23-16-20(31)11-13-25(23)33-27(17)18-7-4-3-5-8-18)28(35)34-24-12-10-19(30(36)37)15-22(24)21-9-6-14-32-29(21)38-2/h3-16H,1-2H3,(H,34,35)(H,36,37). The number of carbonyl (C=O) groups is 2. The summed E-state index contributed by atoms with van der Waals surface area (Å²) in [5.41, 5.74) is 5.01. The van der Waals surface area contributed by atoms with Crippen molar-refractivity contribution in [2.24, 2.45) is 0 Å². The van der Waals surface area contributed by atoms with E-state index in [1.807, 2.05) is 55.5 Å². The van der Waals surface area contributed by atoms with Crippen LogP contribution < -0.4 is 10.1 Å². The minimum absolute atomic E-state index is 0.0738. The molecule has 0 unspecified atom stereocenters. The van der Waals surface area contributed by atoms with Gasteiger partial charge in [-0.1, -0.05) is 46.3 Å². The summed E-state index contributed by atoms with van der Waals surface area (Å²) < 4.78 is 6.23. The van der Waals surface area contributed by atoms with Gasteiger partial charge in [-0.05, 0) is 61.0 Å². The fourth-order valence-corrected chi connectivity index (χ4v) is 4.81. The average Bonchev–Trinajstić information content (AvgIpc) is 2.93. The van der Waals surface area contributed by atoms with Gasteiger partial charge in [-0.15, -0.1) is 0 Å². The second-order valence-electron chi connectivity index (χ2n) is 8.57. The molecule has 0 aliphatic carbocycles. The number of nitrogens with one attached hydrogen (secondary N) is 1. The predicted molar refractivity (Wildman–Crippen MR) is 151 cm³/mol. The molecule has 0 fully saturated rings. The average molecular weight is 568 g/mol. The van der Waals surface area contributed by atoms with E-state index in [1.54, 1.807) is 24.4 Å². The van der Waals surface area contributed by atoms with Crippen molar-refractivity contribution in [3.63, 3.8) is 0 Å². The SMILES string of the molecule is COc1ncccc1-c1cc(C(=O)O)ccc1NC(=O)c1c(C)c(-c2ccccc2)nc2ccc(Br)cc12. The molecule has 7 nitrogen and oxygen atoms in total. The minimum Gasteiger partial charge on any atom is -0.481 e. The fourth-order valence-electron chi connectivity index (χ4n) is 4.45. The van der Waals surface area contributed by atoms with Crippen LogP contribution in [0.25, 0.3) is 33.3 Å². The summed E-state index contributed by atoms with van der Waals surface area (Å²) in [5.74, 6) is -1.12. The van der Waals surface area contributed by atoms with Crippen molar-refractivity contribution in [3.05, 3.63) is 106 Å². The number of nitrogens with zero attached hydrogens (tertiary/aromatic N) is 2. The molecule has 8 heteroatoms. The van der Waals surface area contributed by atoms with Gasteiger partial charge in [0.05, 0.1) is 29.4 Å². The van der Waals surface area contributed by atoms with Crippen LogP contribution in [-0.4, -0.2) is 34.1 Å². The summed E-state index contributed by atoms with van der Waals surface area (Å²) in [7, 11) is 1.49. The van der Waals surface area contributed by atoms with Crippen LogP contribution in [0, 0.1) is 6.92 Å². The van der Waals surface area contributed by atoms with Crippen molar-refractivity contribution in [3.8, 4) is 28.3 Å². The number of carboxylic acid groups (broad SMARTS) is 1. The molecular weight excluding hydrogens is 546 g/mol. The molecule has 5 aromatic rings. The van der Waals surface area contributed by atoms with Gasteiger partial charge in [-0.2, -0.15) is 0 Å². The molecule has 0 saturated heterocycles. The second kappa shape index (κ2) is 10.4. The van der Waals surface area contributed by atoms with Crippen LogP contribution >= 0.6 is 15.9 Å². The molecule has 0 aliphatic heterocycles. The number of anilines is 1. The molecule has 0 saturated carbocycles. The first-order valence-electron chi connectivity index (χ1n) is 11.7. The highest BCUT2D eigenvalue weighted by atomic mass is 79.9. The molecule has 0 bridgehead atoms. The zero-order chi connectivity index (χ0) is 26.8. The lowest BCUT2D eigenvalue weighted by Crippen LogP contribution is -2.16. The summed E-state index contributed by atoms with van der Waals surface area (Å²) in [4.78, 5) is 34.8. The number of ether oxygens (including phenoxy) is 1. The van der Waals surface area contributed by atoms with Crippen LogP contribution in [0.3, 0.4) is 0 Å². The number of hydrogen-bond donors (Lipinski definition) is 2. The zero-order valence-corrected chi connectivity index (χ0v) is 22.1. The molecule has 5 rings (SSSR count). The number of hydrogen-bond acceptors (Lipinski definition) is 5. The number of aromatic nitrogens is 2. The van der Waals surface area contributed by atoms with Crippen molar-refractivity contribution < 1.29 is 19.4 Å².